The fourth-order valence-electron chi connectivity index (χ4n) is 1.72. The topological polar surface area (TPSA) is 0 Å². The number of unbranched alkanes of at least 4 members (excludes halogenated alkanes) is 1. The molecule has 0 aromatic heterocycles. The smallest absolute Gasteiger partial charge is 0.123 e. The maximum atomic E-state index is 13.0. The van der Waals surface area contributed by atoms with Crippen LogP contribution in [0.3, 0.4) is 0 Å². The van der Waals surface area contributed by atoms with Crippen molar-refractivity contribution >= 4 is 15.9 Å². The molecule has 0 radical (unpaired) electrons. The molecule has 0 nitrogen and oxygen atoms in total. The maximum Gasteiger partial charge on any atom is 0.123 e. The average molecular weight is 273 g/mol. The molecule has 1 atom stereocenters. The molecular formula is C13H18BrF. The molecule has 0 spiro atoms. The minimum atomic E-state index is -0.128. The third-order valence-corrected chi connectivity index (χ3v) is 3.51. The Morgan fingerprint density at radius 3 is 2.80 bits per heavy atom. The monoisotopic (exact) mass is 272 g/mol. The Morgan fingerprint density at radius 1 is 1.40 bits per heavy atom. The van der Waals surface area contributed by atoms with Gasteiger partial charge in [0.1, 0.15) is 5.82 Å². The Labute approximate surface area is 100 Å². The molecule has 0 aliphatic rings. The molecule has 0 bridgehead atoms. The van der Waals surface area contributed by atoms with Gasteiger partial charge in [-0.15, -0.1) is 0 Å². The van der Waals surface area contributed by atoms with E-state index in [0.717, 1.165) is 17.3 Å². The van der Waals surface area contributed by atoms with Gasteiger partial charge in [0, 0.05) is 5.33 Å². The van der Waals surface area contributed by atoms with E-state index in [1.165, 1.54) is 25.3 Å². The molecule has 0 aliphatic heterocycles. The summed E-state index contributed by atoms with van der Waals surface area (Å²) in [6, 6.07) is 6.93. The van der Waals surface area contributed by atoms with E-state index in [1.54, 1.807) is 12.1 Å². The first kappa shape index (κ1) is 12.7. The molecule has 0 saturated carbocycles. The summed E-state index contributed by atoms with van der Waals surface area (Å²) in [5.41, 5.74) is 1.11. The van der Waals surface area contributed by atoms with Crippen LogP contribution in [0.5, 0.6) is 0 Å². The summed E-state index contributed by atoms with van der Waals surface area (Å²) < 4.78 is 13.0. The lowest BCUT2D eigenvalue weighted by Gasteiger charge is -2.13. The number of benzene rings is 1. The predicted octanol–water partition coefficient (Wildman–Crippen LogP) is 4.57. The lowest BCUT2D eigenvalue weighted by molar-refractivity contribution is 0.512. The van der Waals surface area contributed by atoms with E-state index in [0.29, 0.717) is 5.92 Å². The van der Waals surface area contributed by atoms with Crippen LogP contribution in [0, 0.1) is 11.7 Å². The second kappa shape index (κ2) is 7.00. The fourth-order valence-corrected chi connectivity index (χ4v) is 2.28. The Bertz CT molecular complexity index is 286. The summed E-state index contributed by atoms with van der Waals surface area (Å²) in [5, 5.41) is 1.00. The highest BCUT2D eigenvalue weighted by atomic mass is 79.9. The molecule has 1 aromatic rings. The van der Waals surface area contributed by atoms with E-state index in [1.807, 2.05) is 6.07 Å². The van der Waals surface area contributed by atoms with Gasteiger partial charge in [0.25, 0.3) is 0 Å². The maximum absolute atomic E-state index is 13.0. The minimum Gasteiger partial charge on any atom is -0.207 e. The summed E-state index contributed by atoms with van der Waals surface area (Å²) in [5.74, 6) is 0.503. The molecular weight excluding hydrogens is 255 g/mol. The Kier molecular flexibility index (Phi) is 5.92. The fraction of sp³-hybridized carbons (Fsp3) is 0.538. The summed E-state index contributed by atoms with van der Waals surface area (Å²) in [4.78, 5) is 0. The van der Waals surface area contributed by atoms with Gasteiger partial charge in [0.05, 0.1) is 0 Å². The van der Waals surface area contributed by atoms with E-state index >= 15 is 0 Å². The first-order valence-electron chi connectivity index (χ1n) is 5.56. The minimum absolute atomic E-state index is 0.128. The highest BCUT2D eigenvalue weighted by molar-refractivity contribution is 9.09. The lowest BCUT2D eigenvalue weighted by atomic mass is 9.96. The van der Waals surface area contributed by atoms with Crippen molar-refractivity contribution < 1.29 is 4.39 Å². The van der Waals surface area contributed by atoms with Crippen LogP contribution in [-0.2, 0) is 6.42 Å². The first-order valence-corrected chi connectivity index (χ1v) is 6.68. The molecule has 84 valence electrons. The molecule has 0 aliphatic carbocycles. The second-order valence-electron chi connectivity index (χ2n) is 4.00. The first-order chi connectivity index (χ1) is 7.26. The van der Waals surface area contributed by atoms with Crippen LogP contribution >= 0.6 is 15.9 Å². The molecule has 0 amide bonds. The van der Waals surface area contributed by atoms with E-state index in [4.69, 9.17) is 0 Å². The second-order valence-corrected chi connectivity index (χ2v) is 4.64. The van der Waals surface area contributed by atoms with E-state index in [2.05, 4.69) is 22.9 Å². The third kappa shape index (κ3) is 4.78. The number of hydrogen-bond acceptors (Lipinski definition) is 0. The zero-order valence-corrected chi connectivity index (χ0v) is 10.8. The van der Waals surface area contributed by atoms with Gasteiger partial charge in [0.2, 0.25) is 0 Å². The molecule has 0 saturated heterocycles. The molecule has 1 unspecified atom stereocenters. The summed E-state index contributed by atoms with van der Waals surface area (Å²) >= 11 is 3.53. The van der Waals surface area contributed by atoms with Gasteiger partial charge in [-0.25, -0.2) is 4.39 Å². The van der Waals surface area contributed by atoms with Crippen molar-refractivity contribution in [3.8, 4) is 0 Å². The Hall–Kier alpha value is -0.370. The summed E-state index contributed by atoms with van der Waals surface area (Å²) in [6.07, 6.45) is 4.68. The molecule has 15 heavy (non-hydrogen) atoms. The summed E-state index contributed by atoms with van der Waals surface area (Å²) in [6.45, 7) is 2.20. The van der Waals surface area contributed by atoms with E-state index < -0.39 is 0 Å². The number of rotatable bonds is 6. The normalized spacial score (nSPS) is 12.7. The van der Waals surface area contributed by atoms with Crippen LogP contribution in [-0.4, -0.2) is 5.33 Å². The number of hydrogen-bond donors (Lipinski definition) is 0. The van der Waals surface area contributed by atoms with Gasteiger partial charge >= 0.3 is 0 Å². The zero-order chi connectivity index (χ0) is 11.1. The van der Waals surface area contributed by atoms with E-state index in [9.17, 15) is 4.39 Å². The van der Waals surface area contributed by atoms with Gasteiger partial charge in [-0.1, -0.05) is 47.8 Å². The molecule has 0 N–H and O–H groups in total. The predicted molar refractivity (Wildman–Crippen MR) is 66.9 cm³/mol. The van der Waals surface area contributed by atoms with Gasteiger partial charge < -0.3 is 0 Å². The third-order valence-electron chi connectivity index (χ3n) is 2.60. The lowest BCUT2D eigenvalue weighted by Crippen LogP contribution is -2.06. The SMILES string of the molecule is CCCCC(CBr)Cc1cccc(F)c1. The van der Waals surface area contributed by atoms with Gasteiger partial charge in [0.15, 0.2) is 0 Å². The number of halogens is 2. The van der Waals surface area contributed by atoms with Crippen molar-refractivity contribution in [2.24, 2.45) is 5.92 Å². The Morgan fingerprint density at radius 2 is 2.20 bits per heavy atom. The highest BCUT2D eigenvalue weighted by Gasteiger charge is 2.08. The van der Waals surface area contributed by atoms with Gasteiger partial charge in [-0.05, 0) is 36.5 Å². The number of alkyl halides is 1. The van der Waals surface area contributed by atoms with Crippen molar-refractivity contribution in [2.75, 3.05) is 5.33 Å². The van der Waals surface area contributed by atoms with Crippen molar-refractivity contribution in [1.82, 2.24) is 0 Å². The summed E-state index contributed by atoms with van der Waals surface area (Å²) in [7, 11) is 0. The van der Waals surface area contributed by atoms with Gasteiger partial charge in [-0.2, -0.15) is 0 Å². The molecule has 2 heteroatoms. The van der Waals surface area contributed by atoms with Crippen LogP contribution in [0.25, 0.3) is 0 Å². The van der Waals surface area contributed by atoms with Crippen molar-refractivity contribution in [3.63, 3.8) is 0 Å². The quantitative estimate of drug-likeness (QED) is 0.666. The van der Waals surface area contributed by atoms with Crippen LogP contribution < -0.4 is 0 Å². The average Bonchev–Trinajstić information content (AvgIpc) is 2.24. The van der Waals surface area contributed by atoms with Crippen molar-refractivity contribution in [2.45, 2.75) is 32.6 Å². The van der Waals surface area contributed by atoms with Crippen molar-refractivity contribution in [1.29, 1.82) is 0 Å². The van der Waals surface area contributed by atoms with Crippen LogP contribution in [0.1, 0.15) is 31.7 Å². The van der Waals surface area contributed by atoms with Crippen LogP contribution in [0.15, 0.2) is 24.3 Å². The molecule has 0 fully saturated rings. The molecule has 0 heterocycles. The Balaban J connectivity index is 2.50. The van der Waals surface area contributed by atoms with Crippen LogP contribution in [0.2, 0.25) is 0 Å². The zero-order valence-electron chi connectivity index (χ0n) is 9.18. The van der Waals surface area contributed by atoms with Crippen LogP contribution in [0.4, 0.5) is 4.39 Å². The molecule has 1 aromatic carbocycles. The standard InChI is InChI=1S/C13H18BrF/c1-2-3-5-12(10-14)8-11-6-4-7-13(15)9-11/h4,6-7,9,12H,2-3,5,8,10H2,1H3. The molecule has 1 rings (SSSR count). The van der Waals surface area contributed by atoms with Crippen molar-refractivity contribution in [3.05, 3.63) is 35.6 Å². The van der Waals surface area contributed by atoms with E-state index in [-0.39, 0.29) is 5.82 Å². The van der Waals surface area contributed by atoms with Gasteiger partial charge in [-0.3, -0.25) is 0 Å². The highest BCUT2D eigenvalue weighted by Crippen LogP contribution is 2.18. The largest absolute Gasteiger partial charge is 0.207 e.